The van der Waals surface area contributed by atoms with Gasteiger partial charge in [0.15, 0.2) is 0 Å². The summed E-state index contributed by atoms with van der Waals surface area (Å²) >= 11 is 3.41. The van der Waals surface area contributed by atoms with Crippen molar-refractivity contribution in [1.82, 2.24) is 0 Å². The number of rotatable bonds is 6. The van der Waals surface area contributed by atoms with E-state index in [0.29, 0.717) is 6.61 Å². The maximum absolute atomic E-state index is 11.9. The highest BCUT2D eigenvalue weighted by molar-refractivity contribution is 9.10. The first kappa shape index (κ1) is 16.0. The molecule has 0 amide bonds. The number of ether oxygens (including phenoxy) is 1. The summed E-state index contributed by atoms with van der Waals surface area (Å²) in [4.78, 5) is 11.9. The molecule has 3 heteroatoms. The molecule has 0 aliphatic carbocycles. The van der Waals surface area contributed by atoms with Crippen LogP contribution in [0.4, 0.5) is 0 Å². The minimum Gasteiger partial charge on any atom is -0.466 e. The third-order valence-corrected chi connectivity index (χ3v) is 3.49. The average molecular weight is 325 g/mol. The van der Waals surface area contributed by atoms with E-state index in [4.69, 9.17) is 4.74 Å². The lowest BCUT2D eigenvalue weighted by Crippen LogP contribution is -2.18. The Kier molecular flexibility index (Phi) is 6.85. The van der Waals surface area contributed by atoms with E-state index < -0.39 is 0 Å². The molecule has 0 heterocycles. The molecule has 1 aromatic carbocycles. The molecule has 0 N–H and O–H groups in total. The van der Waals surface area contributed by atoms with Crippen LogP contribution in [0.2, 0.25) is 0 Å². The van der Waals surface area contributed by atoms with Gasteiger partial charge < -0.3 is 4.74 Å². The Morgan fingerprint density at radius 3 is 2.47 bits per heavy atom. The summed E-state index contributed by atoms with van der Waals surface area (Å²) in [6.45, 7) is 6.36. The molecule has 0 aliphatic heterocycles. The Bertz CT molecular complexity index is 435. The van der Waals surface area contributed by atoms with Gasteiger partial charge >= 0.3 is 5.97 Å². The molecular weight excluding hydrogens is 304 g/mol. The Morgan fingerprint density at radius 1 is 1.32 bits per heavy atom. The Labute approximate surface area is 124 Å². The number of carbonyl (C=O) groups excluding carboxylic acids is 1. The highest BCUT2D eigenvalue weighted by atomic mass is 79.9. The first-order chi connectivity index (χ1) is 9.08. The summed E-state index contributed by atoms with van der Waals surface area (Å²) in [7, 11) is 0. The summed E-state index contributed by atoms with van der Waals surface area (Å²) in [5.41, 5.74) is 2.16. The van der Waals surface area contributed by atoms with Crippen LogP contribution in [0.1, 0.15) is 39.2 Å². The van der Waals surface area contributed by atoms with Crippen molar-refractivity contribution in [2.75, 3.05) is 6.61 Å². The number of hydrogen-bond acceptors (Lipinski definition) is 2. The Balaban J connectivity index is 2.88. The fourth-order valence-electron chi connectivity index (χ4n) is 1.99. The molecule has 1 unspecified atom stereocenters. The van der Waals surface area contributed by atoms with Gasteiger partial charge in [0.05, 0.1) is 12.5 Å². The molecule has 0 radical (unpaired) electrons. The summed E-state index contributed by atoms with van der Waals surface area (Å²) in [6, 6.07) is 8.06. The van der Waals surface area contributed by atoms with Crippen LogP contribution in [0.25, 0.3) is 6.08 Å². The minimum absolute atomic E-state index is 0.116. The van der Waals surface area contributed by atoms with Gasteiger partial charge in [-0.3, -0.25) is 4.79 Å². The van der Waals surface area contributed by atoms with Gasteiger partial charge in [0.1, 0.15) is 0 Å². The Morgan fingerprint density at radius 2 is 1.95 bits per heavy atom. The second-order valence-corrected chi connectivity index (χ2v) is 5.45. The molecule has 2 nitrogen and oxygen atoms in total. The molecule has 1 aromatic rings. The normalized spacial score (nSPS) is 13.2. The maximum atomic E-state index is 11.9. The van der Waals surface area contributed by atoms with Crippen LogP contribution in [-0.4, -0.2) is 12.6 Å². The predicted octanol–water partition coefficient (Wildman–Crippen LogP) is 4.83. The molecule has 104 valence electrons. The maximum Gasteiger partial charge on any atom is 0.313 e. The number of carbonyl (C=O) groups is 1. The van der Waals surface area contributed by atoms with Gasteiger partial charge in [0.25, 0.3) is 0 Å². The zero-order chi connectivity index (χ0) is 14.3. The summed E-state index contributed by atoms with van der Waals surface area (Å²) in [6.07, 6.45) is 3.86. The van der Waals surface area contributed by atoms with Crippen molar-refractivity contribution in [3.63, 3.8) is 0 Å². The van der Waals surface area contributed by atoms with Crippen LogP contribution in [0, 0.1) is 5.92 Å². The van der Waals surface area contributed by atoms with E-state index in [-0.39, 0.29) is 11.9 Å². The zero-order valence-corrected chi connectivity index (χ0v) is 13.4. The Hall–Kier alpha value is -1.09. The van der Waals surface area contributed by atoms with Crippen LogP contribution in [-0.2, 0) is 9.53 Å². The molecule has 19 heavy (non-hydrogen) atoms. The topological polar surface area (TPSA) is 26.3 Å². The van der Waals surface area contributed by atoms with Crippen LogP contribution in [0.5, 0.6) is 0 Å². The lowest BCUT2D eigenvalue weighted by atomic mass is 9.94. The van der Waals surface area contributed by atoms with Crippen molar-refractivity contribution in [3.8, 4) is 0 Å². The van der Waals surface area contributed by atoms with E-state index in [1.54, 1.807) is 0 Å². The van der Waals surface area contributed by atoms with E-state index in [1.807, 2.05) is 38.1 Å². The monoisotopic (exact) mass is 324 g/mol. The van der Waals surface area contributed by atoms with Gasteiger partial charge in [0.2, 0.25) is 0 Å². The van der Waals surface area contributed by atoms with E-state index in [2.05, 4.69) is 28.9 Å². The van der Waals surface area contributed by atoms with Gasteiger partial charge in [-0.2, -0.15) is 0 Å². The van der Waals surface area contributed by atoms with E-state index >= 15 is 0 Å². The van der Waals surface area contributed by atoms with E-state index in [0.717, 1.165) is 28.5 Å². The SMILES string of the molecule is CCCC(C(=O)OCC)/C(C)=C\c1ccc(Br)cc1. The van der Waals surface area contributed by atoms with Gasteiger partial charge in [-0.15, -0.1) is 0 Å². The molecule has 0 aromatic heterocycles. The first-order valence-corrected chi connectivity index (χ1v) is 7.48. The second kappa shape index (κ2) is 8.16. The second-order valence-electron chi connectivity index (χ2n) is 4.53. The van der Waals surface area contributed by atoms with Crippen molar-refractivity contribution in [2.24, 2.45) is 5.92 Å². The van der Waals surface area contributed by atoms with Crippen molar-refractivity contribution in [2.45, 2.75) is 33.6 Å². The number of esters is 1. The molecule has 1 atom stereocenters. The van der Waals surface area contributed by atoms with Crippen molar-refractivity contribution in [1.29, 1.82) is 0 Å². The quantitative estimate of drug-likeness (QED) is 0.700. The van der Waals surface area contributed by atoms with Crippen LogP contribution in [0.15, 0.2) is 34.3 Å². The molecule has 0 aliphatic rings. The van der Waals surface area contributed by atoms with Gasteiger partial charge in [0, 0.05) is 4.47 Å². The standard InChI is InChI=1S/C16H21BrO2/c1-4-6-15(16(18)19-5-2)12(3)11-13-7-9-14(17)10-8-13/h7-11,15H,4-6H2,1-3H3/b12-11-. The molecule has 0 spiro atoms. The third kappa shape index (κ3) is 5.19. The zero-order valence-electron chi connectivity index (χ0n) is 11.8. The molecular formula is C16H21BrO2. The predicted molar refractivity (Wildman–Crippen MR) is 82.8 cm³/mol. The molecule has 0 saturated carbocycles. The minimum atomic E-state index is -0.131. The number of hydrogen-bond donors (Lipinski definition) is 0. The number of benzene rings is 1. The smallest absolute Gasteiger partial charge is 0.313 e. The fourth-order valence-corrected chi connectivity index (χ4v) is 2.25. The van der Waals surface area contributed by atoms with Gasteiger partial charge in [-0.25, -0.2) is 0 Å². The average Bonchev–Trinajstić information content (AvgIpc) is 2.38. The van der Waals surface area contributed by atoms with E-state index in [1.165, 1.54) is 0 Å². The molecule has 1 rings (SSSR count). The largest absolute Gasteiger partial charge is 0.466 e. The molecule has 0 fully saturated rings. The molecule has 0 saturated heterocycles. The van der Waals surface area contributed by atoms with Gasteiger partial charge in [-0.1, -0.05) is 53.1 Å². The van der Waals surface area contributed by atoms with Crippen LogP contribution < -0.4 is 0 Å². The van der Waals surface area contributed by atoms with Crippen molar-refractivity contribution in [3.05, 3.63) is 39.9 Å². The fraction of sp³-hybridized carbons (Fsp3) is 0.438. The highest BCUT2D eigenvalue weighted by Crippen LogP contribution is 2.22. The van der Waals surface area contributed by atoms with Crippen LogP contribution >= 0.6 is 15.9 Å². The summed E-state index contributed by atoms with van der Waals surface area (Å²) in [5, 5.41) is 0. The van der Waals surface area contributed by atoms with E-state index in [9.17, 15) is 4.79 Å². The number of halogens is 1. The van der Waals surface area contributed by atoms with Crippen molar-refractivity contribution >= 4 is 28.0 Å². The van der Waals surface area contributed by atoms with Crippen molar-refractivity contribution < 1.29 is 9.53 Å². The third-order valence-electron chi connectivity index (χ3n) is 2.96. The van der Waals surface area contributed by atoms with Gasteiger partial charge in [-0.05, 0) is 38.0 Å². The summed E-state index contributed by atoms with van der Waals surface area (Å²) in [5.74, 6) is -0.246. The first-order valence-electron chi connectivity index (χ1n) is 6.68. The molecule has 0 bridgehead atoms. The van der Waals surface area contributed by atoms with Crippen LogP contribution in [0.3, 0.4) is 0 Å². The summed E-state index contributed by atoms with van der Waals surface area (Å²) < 4.78 is 6.20. The lowest BCUT2D eigenvalue weighted by molar-refractivity contribution is -0.146. The highest BCUT2D eigenvalue weighted by Gasteiger charge is 2.20. The lowest BCUT2D eigenvalue weighted by Gasteiger charge is -2.15.